The molecule has 3 unspecified atom stereocenters. The number of rotatable bonds is 4. The largest absolute Gasteiger partial charge is 0.747 e. The summed E-state index contributed by atoms with van der Waals surface area (Å²) in [5.41, 5.74) is -0.994. The number of fused-ring (bicyclic) bond motifs is 2. The summed E-state index contributed by atoms with van der Waals surface area (Å²) < 4.78 is 33.3. The molecule has 0 aromatic heterocycles. The molecule has 5 nitrogen and oxygen atoms in total. The Morgan fingerprint density at radius 1 is 1.10 bits per heavy atom. The van der Waals surface area contributed by atoms with Crippen molar-refractivity contribution in [2.45, 2.75) is 71.0 Å². The molecule has 0 amide bonds. The molecule has 4 rings (SSSR count). The van der Waals surface area contributed by atoms with Gasteiger partial charge in [0.15, 0.2) is 17.3 Å². The van der Waals surface area contributed by atoms with Gasteiger partial charge in [0.1, 0.15) is 26.9 Å². The van der Waals surface area contributed by atoms with Crippen LogP contribution in [-0.4, -0.2) is 58.6 Å². The third-order valence-corrected chi connectivity index (χ3v) is 13.1. The van der Waals surface area contributed by atoms with Gasteiger partial charge in [0.25, 0.3) is 0 Å². The number of Topliss-reactive ketones (excluding diaryl/α,β-unsaturated/α-hetero) is 2. The molecule has 0 aromatic rings. The van der Waals surface area contributed by atoms with Crippen LogP contribution < -0.4 is 0 Å². The highest BCUT2D eigenvalue weighted by atomic mass is 32.2. The minimum absolute atomic E-state index is 0.294. The number of hydrogen-bond acceptors (Lipinski definition) is 6. The highest BCUT2D eigenvalue weighted by molar-refractivity contribution is 8.05. The fourth-order valence-corrected chi connectivity index (χ4v) is 11.3. The molecule has 4 fully saturated rings. The third kappa shape index (κ3) is 4.81. The number of hydrogen-bond donors (Lipinski definition) is 0. The van der Waals surface area contributed by atoms with Crippen LogP contribution in [0.1, 0.15) is 65.7 Å². The molecule has 0 radical (unpaired) electrons. The Morgan fingerprint density at radius 3 is 2.17 bits per heavy atom. The van der Waals surface area contributed by atoms with E-state index >= 15 is 0 Å². The van der Waals surface area contributed by atoms with Crippen molar-refractivity contribution in [3.8, 4) is 0 Å². The van der Waals surface area contributed by atoms with E-state index in [-0.39, 0.29) is 17.1 Å². The van der Waals surface area contributed by atoms with Crippen LogP contribution in [0.5, 0.6) is 0 Å². The van der Waals surface area contributed by atoms with Crippen molar-refractivity contribution in [1.29, 1.82) is 0 Å². The molecule has 1 heterocycles. The smallest absolute Gasteiger partial charge is 0.184 e. The van der Waals surface area contributed by atoms with E-state index in [2.05, 4.69) is 11.8 Å². The van der Waals surface area contributed by atoms with Crippen LogP contribution in [0.4, 0.5) is 0 Å². The number of carbonyl (C=O) groups excluding carboxylic acids is 2. The summed E-state index contributed by atoms with van der Waals surface area (Å²) in [5.74, 6) is 6.52. The first-order chi connectivity index (χ1) is 14.0. The zero-order chi connectivity index (χ0) is 22.2. The summed E-state index contributed by atoms with van der Waals surface area (Å²) in [5, 5.41) is -1.30. The summed E-state index contributed by atoms with van der Waals surface area (Å²) >= 11 is 2.06. The van der Waals surface area contributed by atoms with Crippen LogP contribution in [0.15, 0.2) is 0 Å². The Balaban J connectivity index is 0.000000171. The van der Waals surface area contributed by atoms with Gasteiger partial charge in [-0.3, -0.25) is 9.59 Å². The second-order valence-corrected chi connectivity index (χ2v) is 15.1. The van der Waals surface area contributed by atoms with Crippen molar-refractivity contribution in [2.24, 2.45) is 22.7 Å². The summed E-state index contributed by atoms with van der Waals surface area (Å²) in [6.07, 6.45) is 7.68. The lowest BCUT2D eigenvalue weighted by molar-refractivity contribution is -0.128. The fourth-order valence-electron chi connectivity index (χ4n) is 5.78. The summed E-state index contributed by atoms with van der Waals surface area (Å²) in [6.45, 7) is 5.59. The molecule has 0 spiro atoms. The lowest BCUT2D eigenvalue weighted by Gasteiger charge is -2.32. The molecule has 4 aliphatic rings. The first-order valence-corrected chi connectivity index (χ1v) is 15.6. The lowest BCUT2D eigenvalue weighted by Crippen LogP contribution is -2.38. The minimum Gasteiger partial charge on any atom is -0.747 e. The zero-order valence-electron chi connectivity index (χ0n) is 18.5. The molecule has 2 bridgehead atoms. The van der Waals surface area contributed by atoms with Crippen molar-refractivity contribution >= 4 is 44.3 Å². The first-order valence-electron chi connectivity index (χ1n) is 11.2. The number of thioether (sulfide) groups is 1. The maximum atomic E-state index is 12.1. The minimum atomic E-state index is -4.49. The highest BCUT2D eigenvalue weighted by Gasteiger charge is 2.67. The summed E-state index contributed by atoms with van der Waals surface area (Å²) in [6, 6.07) is 0. The van der Waals surface area contributed by atoms with Crippen molar-refractivity contribution in [3.05, 3.63) is 0 Å². The van der Waals surface area contributed by atoms with Gasteiger partial charge in [0.05, 0.1) is 0 Å². The zero-order valence-corrected chi connectivity index (χ0v) is 20.9. The van der Waals surface area contributed by atoms with Gasteiger partial charge in [-0.1, -0.05) is 40.0 Å². The highest BCUT2D eigenvalue weighted by Crippen LogP contribution is 2.64. The molecule has 3 saturated carbocycles. The van der Waals surface area contributed by atoms with E-state index in [0.717, 1.165) is 5.75 Å². The van der Waals surface area contributed by atoms with E-state index in [1.54, 1.807) is 6.92 Å². The van der Waals surface area contributed by atoms with Gasteiger partial charge in [0, 0.05) is 22.8 Å². The van der Waals surface area contributed by atoms with Crippen LogP contribution in [0.3, 0.4) is 0 Å². The Hall–Kier alpha value is -0.0500. The van der Waals surface area contributed by atoms with Gasteiger partial charge in [-0.2, -0.15) is 11.8 Å². The van der Waals surface area contributed by atoms with Crippen LogP contribution in [0.2, 0.25) is 0 Å². The second kappa shape index (κ2) is 9.44. The van der Waals surface area contributed by atoms with E-state index in [4.69, 9.17) is 0 Å². The van der Waals surface area contributed by atoms with Gasteiger partial charge in [-0.25, -0.2) is 8.42 Å². The maximum absolute atomic E-state index is 12.1. The Labute approximate surface area is 189 Å². The first kappa shape index (κ1) is 24.6. The average Bonchev–Trinajstić information content (AvgIpc) is 3.01. The predicted octanol–water partition coefficient (Wildman–Crippen LogP) is 3.43. The van der Waals surface area contributed by atoms with Crippen molar-refractivity contribution in [1.82, 2.24) is 0 Å². The molecule has 1 aliphatic heterocycles. The predicted molar refractivity (Wildman–Crippen MR) is 124 cm³/mol. The van der Waals surface area contributed by atoms with Gasteiger partial charge >= 0.3 is 0 Å². The molecule has 8 heteroatoms. The molecular weight excluding hydrogens is 440 g/mol. The standard InChI is InChI=1S/C12H21OS2.C10H16O4S/c13-12(11-4-2-1-3-5-11)10-15-8-6-14-7-9-15;1-9(2)6-4-5-10(9,3)8(11)7(6)15(12,13)14/h11H,1-10H2;6-7H,4-5H2,1-3H3,(H,12,13,14)/q+1;/p-1. The quantitative estimate of drug-likeness (QED) is 0.456. The summed E-state index contributed by atoms with van der Waals surface area (Å²) in [4.78, 5) is 24.0. The van der Waals surface area contributed by atoms with E-state index in [0.29, 0.717) is 35.4 Å². The molecule has 1 saturated heterocycles. The van der Waals surface area contributed by atoms with Crippen molar-refractivity contribution in [2.75, 3.05) is 28.8 Å². The van der Waals surface area contributed by atoms with Crippen LogP contribution >= 0.6 is 11.8 Å². The normalized spacial score (nSPS) is 34.5. The van der Waals surface area contributed by atoms with Gasteiger partial charge in [-0.15, -0.1) is 0 Å². The van der Waals surface area contributed by atoms with Gasteiger partial charge < -0.3 is 4.55 Å². The van der Waals surface area contributed by atoms with Crippen LogP contribution in [-0.2, 0) is 30.6 Å². The van der Waals surface area contributed by atoms with Gasteiger partial charge in [-0.05, 0) is 47.9 Å². The monoisotopic (exact) mass is 476 g/mol. The van der Waals surface area contributed by atoms with E-state index in [1.807, 2.05) is 13.8 Å². The Bertz CT molecular complexity index is 751. The fraction of sp³-hybridized carbons (Fsp3) is 0.909. The van der Waals surface area contributed by atoms with E-state index < -0.39 is 20.8 Å². The SMILES string of the molecule is CC12CCC(C(S(=O)(=O)[O-])C1=O)C2(C)C.O=C(C[S+]1CCSCC1)C1CCCCC1. The molecule has 0 aromatic carbocycles. The van der Waals surface area contributed by atoms with Crippen molar-refractivity contribution in [3.63, 3.8) is 0 Å². The van der Waals surface area contributed by atoms with Crippen molar-refractivity contribution < 1.29 is 22.6 Å². The lowest BCUT2D eigenvalue weighted by atomic mass is 9.70. The van der Waals surface area contributed by atoms with Crippen LogP contribution in [0.25, 0.3) is 0 Å². The topological polar surface area (TPSA) is 91.3 Å². The average molecular weight is 477 g/mol. The molecule has 0 N–H and O–H groups in total. The Kier molecular flexibility index (Phi) is 7.74. The van der Waals surface area contributed by atoms with Gasteiger partial charge in [0.2, 0.25) is 0 Å². The van der Waals surface area contributed by atoms with E-state index in [1.165, 1.54) is 55.1 Å². The molecule has 3 atom stereocenters. The second-order valence-electron chi connectivity index (χ2n) is 10.1. The van der Waals surface area contributed by atoms with E-state index in [9.17, 15) is 22.6 Å². The Morgan fingerprint density at radius 2 is 1.70 bits per heavy atom. The molecule has 172 valence electrons. The summed E-state index contributed by atoms with van der Waals surface area (Å²) in [7, 11) is -4.04. The molecular formula is C22H36O5S3. The number of ketones is 2. The number of carbonyl (C=O) groups is 2. The van der Waals surface area contributed by atoms with Crippen LogP contribution in [0, 0.1) is 22.7 Å². The molecule has 3 aliphatic carbocycles. The third-order valence-electron chi connectivity index (χ3n) is 8.22. The maximum Gasteiger partial charge on any atom is 0.184 e. The molecule has 30 heavy (non-hydrogen) atoms.